The topological polar surface area (TPSA) is 35.2 Å². The maximum Gasteiger partial charge on any atom is 0.0727 e. The molecule has 0 heterocycles. The zero-order valence-electron chi connectivity index (χ0n) is 9.64. The highest BCUT2D eigenvalue weighted by molar-refractivity contribution is 7.80. The monoisotopic (exact) mass is 217 g/mol. The number of thiocarbonyl (C=S) groups is 1. The quantitative estimate of drug-likeness (QED) is 0.526. The van der Waals surface area contributed by atoms with E-state index in [9.17, 15) is 0 Å². The molecule has 3 heteroatoms. The average Bonchev–Trinajstić information content (AvgIpc) is 2.00. The highest BCUT2D eigenvalue weighted by atomic mass is 32.1. The second-order valence-electron chi connectivity index (χ2n) is 4.85. The van der Waals surface area contributed by atoms with Crippen LogP contribution in [0.3, 0.4) is 0 Å². The second-order valence-corrected chi connectivity index (χ2v) is 5.37. The molecule has 0 amide bonds. The van der Waals surface area contributed by atoms with Crippen LogP contribution in [0.1, 0.15) is 46.5 Å². The standard InChI is InChI=1S/C11H23NOS/c1-11(2,3)7-9-13-8-5-4-6-10(12)14/h4-9H2,1-3H3,(H2,12,14). The second kappa shape index (κ2) is 7.18. The molecule has 0 aromatic heterocycles. The van der Waals surface area contributed by atoms with Crippen LogP contribution >= 0.6 is 12.2 Å². The van der Waals surface area contributed by atoms with Gasteiger partial charge < -0.3 is 10.5 Å². The Morgan fingerprint density at radius 2 is 1.86 bits per heavy atom. The lowest BCUT2D eigenvalue weighted by Crippen LogP contribution is -2.10. The Morgan fingerprint density at radius 1 is 1.21 bits per heavy atom. The first-order valence-corrected chi connectivity index (χ1v) is 5.69. The third kappa shape index (κ3) is 11.8. The fraction of sp³-hybridized carbons (Fsp3) is 0.909. The van der Waals surface area contributed by atoms with Gasteiger partial charge in [-0.25, -0.2) is 0 Å². The summed E-state index contributed by atoms with van der Waals surface area (Å²) in [6, 6.07) is 0. The molecule has 2 N–H and O–H groups in total. The zero-order chi connectivity index (χ0) is 11.0. The molecular formula is C11H23NOS. The summed E-state index contributed by atoms with van der Waals surface area (Å²) in [5.74, 6) is 0. The van der Waals surface area contributed by atoms with E-state index in [0.29, 0.717) is 10.4 Å². The molecule has 0 aliphatic carbocycles. The van der Waals surface area contributed by atoms with Crippen LogP contribution in [0.4, 0.5) is 0 Å². The molecule has 2 nitrogen and oxygen atoms in total. The molecule has 0 spiro atoms. The van der Waals surface area contributed by atoms with E-state index in [4.69, 9.17) is 22.7 Å². The maximum atomic E-state index is 5.51. The number of hydrogen-bond donors (Lipinski definition) is 1. The Bertz CT molecular complexity index is 163. The van der Waals surface area contributed by atoms with Gasteiger partial charge in [-0.3, -0.25) is 0 Å². The van der Waals surface area contributed by atoms with Crippen molar-refractivity contribution in [3.05, 3.63) is 0 Å². The summed E-state index contributed by atoms with van der Waals surface area (Å²) in [5.41, 5.74) is 5.75. The highest BCUT2D eigenvalue weighted by Gasteiger charge is 2.08. The van der Waals surface area contributed by atoms with Crippen molar-refractivity contribution in [3.63, 3.8) is 0 Å². The molecule has 0 aromatic carbocycles. The summed E-state index contributed by atoms with van der Waals surface area (Å²) in [7, 11) is 0. The number of ether oxygens (including phenoxy) is 1. The van der Waals surface area contributed by atoms with Crippen molar-refractivity contribution < 1.29 is 4.74 Å². The zero-order valence-corrected chi connectivity index (χ0v) is 10.5. The molecule has 0 saturated heterocycles. The molecule has 0 atom stereocenters. The van der Waals surface area contributed by atoms with E-state index in [2.05, 4.69) is 20.8 Å². The van der Waals surface area contributed by atoms with Crippen molar-refractivity contribution >= 4 is 17.2 Å². The van der Waals surface area contributed by atoms with E-state index >= 15 is 0 Å². The summed E-state index contributed by atoms with van der Waals surface area (Å²) in [6.07, 6.45) is 4.06. The van der Waals surface area contributed by atoms with Gasteiger partial charge in [-0.15, -0.1) is 0 Å². The molecule has 0 radical (unpaired) electrons. The summed E-state index contributed by atoms with van der Waals surface area (Å²) in [5, 5.41) is 0. The lowest BCUT2D eigenvalue weighted by atomic mass is 9.93. The van der Waals surface area contributed by atoms with E-state index in [0.717, 1.165) is 38.9 Å². The minimum absolute atomic E-state index is 0.374. The van der Waals surface area contributed by atoms with Crippen molar-refractivity contribution in [3.8, 4) is 0 Å². The van der Waals surface area contributed by atoms with Crippen molar-refractivity contribution in [1.82, 2.24) is 0 Å². The summed E-state index contributed by atoms with van der Waals surface area (Å²) in [6.45, 7) is 8.37. The Balaban J connectivity index is 3.11. The van der Waals surface area contributed by atoms with Crippen LogP contribution in [0.15, 0.2) is 0 Å². The number of hydrogen-bond acceptors (Lipinski definition) is 2. The normalized spacial score (nSPS) is 11.6. The Morgan fingerprint density at radius 3 is 2.36 bits per heavy atom. The summed E-state index contributed by atoms with van der Waals surface area (Å²) >= 11 is 4.78. The van der Waals surface area contributed by atoms with Crippen molar-refractivity contribution in [2.75, 3.05) is 13.2 Å². The third-order valence-corrected chi connectivity index (χ3v) is 2.16. The molecule has 0 saturated carbocycles. The van der Waals surface area contributed by atoms with Crippen LogP contribution in [0.2, 0.25) is 0 Å². The molecule has 84 valence electrons. The van der Waals surface area contributed by atoms with Gasteiger partial charge in [0.25, 0.3) is 0 Å². The van der Waals surface area contributed by atoms with Gasteiger partial charge in [-0.1, -0.05) is 33.0 Å². The van der Waals surface area contributed by atoms with Gasteiger partial charge in [0.1, 0.15) is 0 Å². The van der Waals surface area contributed by atoms with E-state index in [1.54, 1.807) is 0 Å². The fourth-order valence-electron chi connectivity index (χ4n) is 0.984. The van der Waals surface area contributed by atoms with E-state index in [-0.39, 0.29) is 0 Å². The number of unbranched alkanes of at least 4 members (excludes halogenated alkanes) is 1. The largest absolute Gasteiger partial charge is 0.393 e. The molecule has 0 aliphatic rings. The lowest BCUT2D eigenvalue weighted by Gasteiger charge is -2.17. The van der Waals surface area contributed by atoms with Crippen LogP contribution in [0, 0.1) is 5.41 Å². The van der Waals surface area contributed by atoms with Gasteiger partial charge in [0.2, 0.25) is 0 Å². The molecule has 0 bridgehead atoms. The molecule has 0 aliphatic heterocycles. The van der Waals surface area contributed by atoms with Gasteiger partial charge in [0.15, 0.2) is 0 Å². The minimum Gasteiger partial charge on any atom is -0.393 e. The summed E-state index contributed by atoms with van der Waals surface area (Å²) < 4.78 is 5.51. The molecule has 0 unspecified atom stereocenters. The minimum atomic E-state index is 0.374. The molecule has 14 heavy (non-hydrogen) atoms. The fourth-order valence-corrected chi connectivity index (χ4v) is 1.13. The van der Waals surface area contributed by atoms with Crippen LogP contribution in [0.25, 0.3) is 0 Å². The average molecular weight is 217 g/mol. The van der Waals surface area contributed by atoms with Crippen molar-refractivity contribution in [1.29, 1.82) is 0 Å². The third-order valence-electron chi connectivity index (χ3n) is 1.96. The van der Waals surface area contributed by atoms with Crippen LogP contribution in [-0.2, 0) is 4.74 Å². The van der Waals surface area contributed by atoms with Gasteiger partial charge in [-0.2, -0.15) is 0 Å². The maximum absolute atomic E-state index is 5.51. The van der Waals surface area contributed by atoms with E-state index < -0.39 is 0 Å². The predicted molar refractivity (Wildman–Crippen MR) is 65.5 cm³/mol. The SMILES string of the molecule is CC(C)(C)CCOCCCCC(N)=S. The molecule has 0 aromatic rings. The Hall–Kier alpha value is -0.150. The van der Waals surface area contributed by atoms with Crippen LogP contribution in [0.5, 0.6) is 0 Å². The van der Waals surface area contributed by atoms with Gasteiger partial charge >= 0.3 is 0 Å². The first-order chi connectivity index (χ1) is 6.42. The van der Waals surface area contributed by atoms with Crippen molar-refractivity contribution in [2.45, 2.75) is 46.5 Å². The van der Waals surface area contributed by atoms with Gasteiger partial charge in [0, 0.05) is 13.2 Å². The van der Waals surface area contributed by atoms with Crippen LogP contribution in [-0.4, -0.2) is 18.2 Å². The molecular weight excluding hydrogens is 194 g/mol. The molecule has 0 fully saturated rings. The first kappa shape index (κ1) is 13.8. The van der Waals surface area contributed by atoms with Crippen molar-refractivity contribution in [2.24, 2.45) is 11.1 Å². The predicted octanol–water partition coefficient (Wildman–Crippen LogP) is 2.90. The summed E-state index contributed by atoms with van der Waals surface area (Å²) in [4.78, 5) is 0.611. The van der Waals surface area contributed by atoms with E-state index in [1.165, 1.54) is 0 Å². The Kier molecular flexibility index (Phi) is 7.11. The van der Waals surface area contributed by atoms with Gasteiger partial charge in [-0.05, 0) is 31.1 Å². The highest BCUT2D eigenvalue weighted by Crippen LogP contribution is 2.17. The number of rotatable bonds is 7. The Labute approximate surface area is 93.2 Å². The first-order valence-electron chi connectivity index (χ1n) is 5.28. The van der Waals surface area contributed by atoms with E-state index in [1.807, 2.05) is 0 Å². The number of nitrogens with two attached hydrogens (primary N) is 1. The lowest BCUT2D eigenvalue weighted by molar-refractivity contribution is 0.106. The van der Waals surface area contributed by atoms with Gasteiger partial charge in [0.05, 0.1) is 4.99 Å². The molecule has 0 rings (SSSR count). The van der Waals surface area contributed by atoms with Crippen LogP contribution < -0.4 is 5.73 Å². The smallest absolute Gasteiger partial charge is 0.0727 e.